The van der Waals surface area contributed by atoms with Gasteiger partial charge in [0.2, 0.25) is 0 Å². The van der Waals surface area contributed by atoms with E-state index in [1.54, 1.807) is 0 Å². The second-order valence-electron chi connectivity index (χ2n) is 12.0. The third kappa shape index (κ3) is 3.98. The number of hydrogen-bond donors (Lipinski definition) is 0. The van der Waals surface area contributed by atoms with Crippen LogP contribution in [0.1, 0.15) is 0 Å². The third-order valence-electron chi connectivity index (χ3n) is 9.28. The van der Waals surface area contributed by atoms with Gasteiger partial charge >= 0.3 is 0 Å². The summed E-state index contributed by atoms with van der Waals surface area (Å²) in [5, 5.41) is 7.76. The van der Waals surface area contributed by atoms with Crippen molar-refractivity contribution in [3.63, 3.8) is 0 Å². The van der Waals surface area contributed by atoms with Crippen molar-refractivity contribution in [2.45, 2.75) is 0 Å². The highest BCUT2D eigenvalue weighted by molar-refractivity contribution is 6.27. The first-order valence-corrected chi connectivity index (χ1v) is 15.8. The molecule has 218 valence electrons. The predicted molar refractivity (Wildman–Crippen MR) is 193 cm³/mol. The maximum Gasteiger partial charge on any atom is 0.136 e. The first-order chi connectivity index (χ1) is 23.3. The normalized spacial score (nSPS) is 11.8. The number of rotatable bonds is 3. The van der Waals surface area contributed by atoms with Crippen LogP contribution in [0.4, 0.5) is 0 Å². The number of nitrogens with zero attached hydrogens (tertiary/aromatic N) is 3. The average Bonchev–Trinajstić information content (AvgIpc) is 3.52. The Morgan fingerprint density at radius 2 is 1.17 bits per heavy atom. The summed E-state index contributed by atoms with van der Waals surface area (Å²) in [4.78, 5) is 15.0. The van der Waals surface area contributed by atoms with Crippen LogP contribution in [-0.4, -0.2) is 15.0 Å². The van der Waals surface area contributed by atoms with Gasteiger partial charge in [0.1, 0.15) is 11.2 Å². The fourth-order valence-corrected chi connectivity index (χ4v) is 7.11. The summed E-state index contributed by atoms with van der Waals surface area (Å²) in [6.45, 7) is 0. The standard InChI is InChI=1S/C43H25N3O/c1-2-9-27(10-3-1)38-39-31-12-4-6-14-35(31)46-41(33(39)25-37-40(38)32-13-5-7-15-36(32)47-37)29-18-16-26(17-19-29)34-23-22-30-21-20-28-11-8-24-44-42(28)43(30)45-34/h1-25H. The number of benzene rings is 6. The summed E-state index contributed by atoms with van der Waals surface area (Å²) in [6, 6.07) is 50.6. The minimum atomic E-state index is 0.855. The van der Waals surface area contributed by atoms with E-state index in [9.17, 15) is 0 Å². The highest BCUT2D eigenvalue weighted by Gasteiger charge is 2.21. The lowest BCUT2D eigenvalue weighted by Gasteiger charge is -2.16. The molecule has 0 aliphatic carbocycles. The molecule has 0 atom stereocenters. The number of aromatic nitrogens is 3. The van der Waals surface area contributed by atoms with E-state index in [0.29, 0.717) is 0 Å². The summed E-state index contributed by atoms with van der Waals surface area (Å²) in [6.07, 6.45) is 1.83. The van der Waals surface area contributed by atoms with Crippen LogP contribution in [0.2, 0.25) is 0 Å². The molecule has 47 heavy (non-hydrogen) atoms. The molecule has 0 spiro atoms. The Hall–Kier alpha value is -6.39. The maximum atomic E-state index is 6.53. The monoisotopic (exact) mass is 599 g/mol. The highest BCUT2D eigenvalue weighted by Crippen LogP contribution is 2.46. The van der Waals surface area contributed by atoms with E-state index in [-0.39, 0.29) is 0 Å². The molecular weight excluding hydrogens is 574 g/mol. The van der Waals surface area contributed by atoms with Gasteiger partial charge < -0.3 is 4.42 Å². The predicted octanol–water partition coefficient (Wildman–Crippen LogP) is 11.4. The van der Waals surface area contributed by atoms with Gasteiger partial charge in [-0.25, -0.2) is 9.97 Å². The number of fused-ring (bicyclic) bond motifs is 9. The lowest BCUT2D eigenvalue weighted by Crippen LogP contribution is -1.93. The summed E-state index contributed by atoms with van der Waals surface area (Å²) in [7, 11) is 0. The molecule has 4 heterocycles. The summed E-state index contributed by atoms with van der Waals surface area (Å²) >= 11 is 0. The third-order valence-corrected chi connectivity index (χ3v) is 9.28. The average molecular weight is 600 g/mol. The zero-order valence-electron chi connectivity index (χ0n) is 25.2. The smallest absolute Gasteiger partial charge is 0.136 e. The molecule has 0 fully saturated rings. The zero-order chi connectivity index (χ0) is 30.9. The molecule has 0 saturated carbocycles. The van der Waals surface area contributed by atoms with E-state index >= 15 is 0 Å². The van der Waals surface area contributed by atoms with Gasteiger partial charge in [-0.2, -0.15) is 0 Å². The molecule has 10 aromatic rings. The van der Waals surface area contributed by atoms with E-state index in [2.05, 4.69) is 132 Å². The Morgan fingerprint density at radius 1 is 0.447 bits per heavy atom. The maximum absolute atomic E-state index is 6.53. The Kier molecular flexibility index (Phi) is 5.54. The van der Waals surface area contributed by atoms with Crippen LogP contribution in [-0.2, 0) is 0 Å². The van der Waals surface area contributed by atoms with Crippen LogP contribution < -0.4 is 0 Å². The summed E-state index contributed by atoms with van der Waals surface area (Å²) < 4.78 is 6.53. The van der Waals surface area contributed by atoms with Gasteiger partial charge in [-0.1, -0.05) is 115 Å². The molecule has 0 N–H and O–H groups in total. The molecule has 0 radical (unpaired) electrons. The van der Waals surface area contributed by atoms with E-state index in [1.807, 2.05) is 24.4 Å². The van der Waals surface area contributed by atoms with Crippen LogP contribution in [0.3, 0.4) is 0 Å². The van der Waals surface area contributed by atoms with Gasteiger partial charge in [0, 0.05) is 60.6 Å². The Labute approximate surface area is 269 Å². The molecule has 4 aromatic heterocycles. The SMILES string of the molecule is c1ccc(-c2c3c(cc4c(-c5ccc(-c6ccc7ccc8cccnc8c7n6)cc5)nc5ccccc5c24)oc2ccccc23)cc1. The quantitative estimate of drug-likeness (QED) is 0.190. The van der Waals surface area contributed by atoms with Gasteiger partial charge in [0.25, 0.3) is 0 Å². The van der Waals surface area contributed by atoms with Crippen molar-refractivity contribution in [3.8, 4) is 33.6 Å². The molecule has 0 aliphatic heterocycles. The Balaban J connectivity index is 1.22. The minimum absolute atomic E-state index is 0.855. The van der Waals surface area contributed by atoms with Gasteiger partial charge in [-0.05, 0) is 35.9 Å². The molecule has 0 saturated heterocycles. The van der Waals surface area contributed by atoms with Crippen molar-refractivity contribution >= 4 is 65.4 Å². The van der Waals surface area contributed by atoms with Gasteiger partial charge in [-0.3, -0.25) is 4.98 Å². The molecule has 6 aromatic carbocycles. The van der Waals surface area contributed by atoms with E-state index in [1.165, 1.54) is 10.9 Å². The van der Waals surface area contributed by atoms with Gasteiger partial charge in [-0.15, -0.1) is 0 Å². The van der Waals surface area contributed by atoms with E-state index < -0.39 is 0 Å². The van der Waals surface area contributed by atoms with Crippen molar-refractivity contribution in [2.24, 2.45) is 0 Å². The number of furan rings is 1. The van der Waals surface area contributed by atoms with E-state index in [4.69, 9.17) is 14.4 Å². The molecule has 4 heteroatoms. The highest BCUT2D eigenvalue weighted by atomic mass is 16.3. The largest absolute Gasteiger partial charge is 0.456 e. The second-order valence-corrected chi connectivity index (χ2v) is 12.0. The number of pyridine rings is 3. The van der Waals surface area contributed by atoms with Crippen molar-refractivity contribution in [2.75, 3.05) is 0 Å². The van der Waals surface area contributed by atoms with Crippen LogP contribution in [0.15, 0.2) is 156 Å². The first kappa shape index (κ1) is 25.9. The number of para-hydroxylation sites is 2. The van der Waals surface area contributed by atoms with Crippen molar-refractivity contribution in [3.05, 3.63) is 152 Å². The lowest BCUT2D eigenvalue weighted by atomic mass is 9.89. The van der Waals surface area contributed by atoms with Crippen LogP contribution in [0, 0.1) is 0 Å². The second kappa shape index (κ2) is 10.1. The number of hydrogen-bond acceptors (Lipinski definition) is 4. The van der Waals surface area contributed by atoms with Gasteiger partial charge in [0.15, 0.2) is 0 Å². The van der Waals surface area contributed by atoms with Gasteiger partial charge in [0.05, 0.1) is 27.9 Å². The molecule has 10 rings (SSSR count). The van der Waals surface area contributed by atoms with Crippen LogP contribution in [0.25, 0.3) is 99.1 Å². The van der Waals surface area contributed by atoms with Crippen molar-refractivity contribution < 1.29 is 4.42 Å². The topological polar surface area (TPSA) is 51.8 Å². The van der Waals surface area contributed by atoms with Crippen molar-refractivity contribution in [1.82, 2.24) is 15.0 Å². The Bertz CT molecular complexity index is 2840. The van der Waals surface area contributed by atoms with Crippen molar-refractivity contribution in [1.29, 1.82) is 0 Å². The molecule has 4 nitrogen and oxygen atoms in total. The first-order valence-electron chi connectivity index (χ1n) is 15.8. The van der Waals surface area contributed by atoms with Crippen LogP contribution >= 0.6 is 0 Å². The molecular formula is C43H25N3O. The molecule has 0 aliphatic rings. The minimum Gasteiger partial charge on any atom is -0.456 e. The Morgan fingerprint density at radius 3 is 2.04 bits per heavy atom. The van der Waals surface area contributed by atoms with Crippen LogP contribution in [0.5, 0.6) is 0 Å². The molecule has 0 bridgehead atoms. The zero-order valence-corrected chi connectivity index (χ0v) is 25.2. The van der Waals surface area contributed by atoms with E-state index in [0.717, 1.165) is 88.1 Å². The lowest BCUT2D eigenvalue weighted by molar-refractivity contribution is 0.669. The fourth-order valence-electron chi connectivity index (χ4n) is 7.11. The summed E-state index contributed by atoms with van der Waals surface area (Å²) in [5.41, 5.74) is 10.7. The summed E-state index contributed by atoms with van der Waals surface area (Å²) in [5.74, 6) is 0. The fraction of sp³-hybridized carbons (Fsp3) is 0. The molecule has 0 amide bonds. The molecule has 0 unspecified atom stereocenters.